The summed E-state index contributed by atoms with van der Waals surface area (Å²) in [6.07, 6.45) is 26.6. The van der Waals surface area contributed by atoms with Crippen LogP contribution in [0.25, 0.3) is 72.9 Å². The fourth-order valence-electron chi connectivity index (χ4n) is 10.8. The lowest BCUT2D eigenvalue weighted by atomic mass is 9.79. The Bertz CT molecular complexity index is 3580. The lowest BCUT2D eigenvalue weighted by Gasteiger charge is -2.26. The standard InChI is InChI=1S/C90H99N/c1-85(2,3)76-55-73(56-77(61-76)86(4,5)6)40-37-67-25-19-64(20-26-67)31-34-70-43-49-82(50-44-70)91(83-51-45-71(46-52-83)35-32-65-21-27-68(28-22-65)38-41-74-57-78(87(7,8)9)62-79(58-74)88(10,11)12)84-53-47-72(48-54-84)36-33-66-23-29-69(30-24-66)39-42-75-59-80(89(13,14)15)63-81(60-75)90(16,17)18/h19-63H,1-18H3/b34-31+,35-32+,36-33+,40-37+,41-38+,42-39+. The normalized spacial score (nSPS) is 13.1. The Labute approximate surface area is 549 Å². The molecule has 0 aromatic heterocycles. The monoisotopic (exact) mass is 1190 g/mol. The Morgan fingerprint density at radius 3 is 0.418 bits per heavy atom. The van der Waals surface area contributed by atoms with Crippen molar-refractivity contribution in [1.82, 2.24) is 0 Å². The van der Waals surface area contributed by atoms with Crippen molar-refractivity contribution in [2.75, 3.05) is 4.90 Å². The smallest absolute Gasteiger partial charge is 0.0462 e. The van der Waals surface area contributed by atoms with Crippen LogP contribution in [0.1, 0.15) is 225 Å². The summed E-state index contributed by atoms with van der Waals surface area (Å²) in [5, 5.41) is 0. The molecule has 0 saturated heterocycles. The first-order valence-electron chi connectivity index (χ1n) is 32.8. The number of hydrogen-bond donors (Lipinski definition) is 0. The molecule has 91 heavy (non-hydrogen) atoms. The third-order valence-electron chi connectivity index (χ3n) is 17.1. The minimum Gasteiger partial charge on any atom is -0.311 e. The zero-order valence-corrected chi connectivity index (χ0v) is 57.9. The molecule has 0 unspecified atom stereocenters. The van der Waals surface area contributed by atoms with Crippen LogP contribution >= 0.6 is 0 Å². The largest absolute Gasteiger partial charge is 0.311 e. The van der Waals surface area contributed by atoms with Gasteiger partial charge in [-0.05, 0) is 169 Å². The summed E-state index contributed by atoms with van der Waals surface area (Å²) in [5.41, 5.74) is 26.0. The zero-order chi connectivity index (χ0) is 65.5. The number of benzene rings is 9. The average molecular weight is 1190 g/mol. The molecule has 0 N–H and O–H groups in total. The van der Waals surface area contributed by atoms with Gasteiger partial charge in [-0.25, -0.2) is 0 Å². The van der Waals surface area contributed by atoms with E-state index in [1.54, 1.807) is 0 Å². The number of nitrogens with zero attached hydrogens (tertiary/aromatic N) is 1. The molecule has 0 heterocycles. The Morgan fingerprint density at radius 1 is 0.165 bits per heavy atom. The summed E-state index contributed by atoms with van der Waals surface area (Å²) in [5.74, 6) is 0. The second kappa shape index (κ2) is 27.4. The highest BCUT2D eigenvalue weighted by Gasteiger charge is 2.23. The van der Waals surface area contributed by atoms with Crippen LogP contribution in [0.5, 0.6) is 0 Å². The van der Waals surface area contributed by atoms with E-state index in [0.29, 0.717) is 0 Å². The van der Waals surface area contributed by atoms with Gasteiger partial charge in [0, 0.05) is 17.1 Å². The molecule has 1 nitrogen and oxygen atoms in total. The summed E-state index contributed by atoms with van der Waals surface area (Å²) in [4.78, 5) is 2.34. The lowest BCUT2D eigenvalue weighted by Crippen LogP contribution is -2.16. The third-order valence-corrected chi connectivity index (χ3v) is 17.1. The van der Waals surface area contributed by atoms with E-state index in [4.69, 9.17) is 0 Å². The van der Waals surface area contributed by atoms with E-state index in [9.17, 15) is 0 Å². The van der Waals surface area contributed by atoms with Gasteiger partial charge in [-0.15, -0.1) is 0 Å². The SMILES string of the molecule is CC(C)(C)c1cc(/C=C/c2ccc(/C=C/c3ccc(N(c4ccc(/C=C/c5ccc(/C=C/c6cc(C(C)(C)C)cc(C(C)(C)C)c6)cc5)cc4)c4ccc(/C=C/c5ccc(/C=C/c6cc(C(C)(C)C)cc(C(C)(C)C)c6)cc5)cc4)cc3)cc2)cc(C(C)(C)C)c1. The Balaban J connectivity index is 0.917. The van der Waals surface area contributed by atoms with E-state index in [0.717, 1.165) is 50.4 Å². The average Bonchev–Trinajstić information content (AvgIpc) is 0.968. The van der Waals surface area contributed by atoms with E-state index >= 15 is 0 Å². The van der Waals surface area contributed by atoms with Crippen LogP contribution in [0, 0.1) is 0 Å². The summed E-state index contributed by atoms with van der Waals surface area (Å²) in [7, 11) is 0. The van der Waals surface area contributed by atoms with Gasteiger partial charge in [0.25, 0.3) is 0 Å². The van der Waals surface area contributed by atoms with Crippen molar-refractivity contribution >= 4 is 90.0 Å². The number of rotatable bonds is 15. The van der Waals surface area contributed by atoms with Crippen LogP contribution in [0.4, 0.5) is 17.1 Å². The van der Waals surface area contributed by atoms with Gasteiger partial charge in [0.1, 0.15) is 0 Å². The van der Waals surface area contributed by atoms with Crippen molar-refractivity contribution in [3.63, 3.8) is 0 Å². The molecule has 0 bridgehead atoms. The van der Waals surface area contributed by atoms with E-state index in [2.05, 4.69) is 403 Å². The first-order chi connectivity index (χ1) is 42.8. The van der Waals surface area contributed by atoms with E-state index in [1.807, 2.05) is 0 Å². The van der Waals surface area contributed by atoms with Crippen LogP contribution in [0.15, 0.2) is 200 Å². The molecule has 9 aromatic carbocycles. The highest BCUT2D eigenvalue weighted by Crippen LogP contribution is 2.38. The van der Waals surface area contributed by atoms with Crippen molar-refractivity contribution in [1.29, 1.82) is 0 Å². The summed E-state index contributed by atoms with van der Waals surface area (Å²) in [6, 6.07) is 74.2. The van der Waals surface area contributed by atoms with E-state index in [-0.39, 0.29) is 32.5 Å². The van der Waals surface area contributed by atoms with Crippen molar-refractivity contribution < 1.29 is 0 Å². The minimum absolute atomic E-state index is 0.0776. The third kappa shape index (κ3) is 18.7. The van der Waals surface area contributed by atoms with Gasteiger partial charge in [-0.2, -0.15) is 0 Å². The zero-order valence-electron chi connectivity index (χ0n) is 57.9. The highest BCUT2D eigenvalue weighted by molar-refractivity contribution is 5.82. The van der Waals surface area contributed by atoms with Crippen molar-refractivity contribution in [3.8, 4) is 0 Å². The summed E-state index contributed by atoms with van der Waals surface area (Å²) >= 11 is 0. The van der Waals surface area contributed by atoms with Crippen LogP contribution in [-0.2, 0) is 32.5 Å². The Kier molecular flexibility index (Phi) is 20.0. The number of hydrogen-bond acceptors (Lipinski definition) is 1. The molecule has 9 aromatic rings. The van der Waals surface area contributed by atoms with Crippen LogP contribution in [0.3, 0.4) is 0 Å². The van der Waals surface area contributed by atoms with Gasteiger partial charge in [-0.1, -0.05) is 361 Å². The number of anilines is 3. The molecule has 0 aliphatic heterocycles. The van der Waals surface area contributed by atoms with Gasteiger partial charge in [0.05, 0.1) is 0 Å². The second-order valence-electron chi connectivity index (χ2n) is 31.1. The van der Waals surface area contributed by atoms with Crippen molar-refractivity contribution in [2.24, 2.45) is 0 Å². The predicted molar refractivity (Wildman–Crippen MR) is 406 cm³/mol. The van der Waals surface area contributed by atoms with Crippen LogP contribution in [-0.4, -0.2) is 0 Å². The molecule has 464 valence electrons. The van der Waals surface area contributed by atoms with Crippen LogP contribution < -0.4 is 4.90 Å². The molecule has 1 heteroatoms. The predicted octanol–water partition coefficient (Wildman–Crippen LogP) is 26.0. The molecule has 9 rings (SSSR count). The molecule has 0 spiro atoms. The Hall–Kier alpha value is -8.78. The molecule has 0 atom stereocenters. The maximum absolute atomic E-state index is 2.38. The molecule has 0 aliphatic carbocycles. The van der Waals surface area contributed by atoms with Crippen LogP contribution in [0.2, 0.25) is 0 Å². The van der Waals surface area contributed by atoms with Gasteiger partial charge >= 0.3 is 0 Å². The summed E-state index contributed by atoms with van der Waals surface area (Å²) in [6.45, 7) is 41.3. The molecule has 0 saturated carbocycles. The van der Waals surface area contributed by atoms with E-state index in [1.165, 1.54) is 66.8 Å². The molecule has 0 amide bonds. The second-order valence-corrected chi connectivity index (χ2v) is 31.1. The first kappa shape index (κ1) is 66.6. The van der Waals surface area contributed by atoms with E-state index < -0.39 is 0 Å². The lowest BCUT2D eigenvalue weighted by molar-refractivity contribution is 0.568. The fourth-order valence-corrected chi connectivity index (χ4v) is 10.8. The highest BCUT2D eigenvalue weighted by atomic mass is 15.1. The fraction of sp³-hybridized carbons (Fsp3) is 0.267. The van der Waals surface area contributed by atoms with Gasteiger partial charge < -0.3 is 4.90 Å². The summed E-state index contributed by atoms with van der Waals surface area (Å²) < 4.78 is 0. The maximum atomic E-state index is 2.38. The Morgan fingerprint density at radius 2 is 0.286 bits per heavy atom. The molecule has 0 fully saturated rings. The van der Waals surface area contributed by atoms with Gasteiger partial charge in [-0.3, -0.25) is 0 Å². The molecule has 0 aliphatic rings. The quantitative estimate of drug-likeness (QED) is 0.0925. The molecule has 0 radical (unpaired) electrons. The van der Waals surface area contributed by atoms with Crippen molar-refractivity contribution in [2.45, 2.75) is 157 Å². The minimum atomic E-state index is 0.0776. The van der Waals surface area contributed by atoms with Gasteiger partial charge in [0.15, 0.2) is 0 Å². The molecular formula is C90H99N. The topological polar surface area (TPSA) is 3.24 Å². The first-order valence-corrected chi connectivity index (χ1v) is 32.8. The van der Waals surface area contributed by atoms with Gasteiger partial charge in [0.2, 0.25) is 0 Å². The maximum Gasteiger partial charge on any atom is 0.0462 e. The molecular weight excluding hydrogens is 1090 g/mol. The van der Waals surface area contributed by atoms with Crippen molar-refractivity contribution in [3.05, 3.63) is 300 Å².